The Labute approximate surface area is 193 Å². The van der Waals surface area contributed by atoms with E-state index in [0.29, 0.717) is 34.4 Å². The van der Waals surface area contributed by atoms with E-state index in [9.17, 15) is 4.79 Å². The fourth-order valence-electron chi connectivity index (χ4n) is 3.26. The number of furan rings is 1. The van der Waals surface area contributed by atoms with Crippen LogP contribution in [-0.4, -0.2) is 35.2 Å². The van der Waals surface area contributed by atoms with Crippen LogP contribution >= 0.6 is 34.7 Å². The SMILES string of the molecule is COc1ccc(Cl)cc1CN(C)C(=O)c1oc2ccccc2c1CSc1nnc(C)s1. The molecule has 1 amide bonds. The summed E-state index contributed by atoms with van der Waals surface area (Å²) in [6.07, 6.45) is 0. The second-order valence-corrected chi connectivity index (χ2v) is 9.74. The summed E-state index contributed by atoms with van der Waals surface area (Å²) in [5.41, 5.74) is 2.36. The van der Waals surface area contributed by atoms with E-state index in [-0.39, 0.29) is 5.91 Å². The Morgan fingerprint density at radius 3 is 2.81 bits per heavy atom. The highest BCUT2D eigenvalue weighted by atomic mass is 35.5. The van der Waals surface area contributed by atoms with Gasteiger partial charge >= 0.3 is 0 Å². The fraction of sp³-hybridized carbons (Fsp3) is 0.227. The molecular weight excluding hydrogens is 454 g/mol. The first-order chi connectivity index (χ1) is 15.0. The molecule has 0 unspecified atom stereocenters. The summed E-state index contributed by atoms with van der Waals surface area (Å²) in [5, 5.41) is 10.6. The van der Waals surface area contributed by atoms with E-state index in [1.165, 1.54) is 11.3 Å². The molecule has 2 heterocycles. The van der Waals surface area contributed by atoms with Crippen LogP contribution in [-0.2, 0) is 12.3 Å². The van der Waals surface area contributed by atoms with Crippen LogP contribution in [0.1, 0.15) is 26.7 Å². The zero-order valence-corrected chi connectivity index (χ0v) is 19.6. The van der Waals surface area contributed by atoms with Gasteiger partial charge in [0.15, 0.2) is 10.1 Å². The molecule has 160 valence electrons. The van der Waals surface area contributed by atoms with Crippen molar-refractivity contribution in [3.63, 3.8) is 0 Å². The second-order valence-electron chi connectivity index (χ2n) is 6.90. The highest BCUT2D eigenvalue weighted by molar-refractivity contribution is 8.00. The van der Waals surface area contributed by atoms with E-state index in [1.54, 1.807) is 49.0 Å². The van der Waals surface area contributed by atoms with Crippen LogP contribution in [0.15, 0.2) is 51.2 Å². The van der Waals surface area contributed by atoms with Gasteiger partial charge in [-0.2, -0.15) is 0 Å². The predicted molar refractivity (Wildman–Crippen MR) is 124 cm³/mol. The molecule has 0 radical (unpaired) electrons. The summed E-state index contributed by atoms with van der Waals surface area (Å²) in [4.78, 5) is 15.0. The fourth-order valence-corrected chi connectivity index (χ4v) is 5.29. The Morgan fingerprint density at radius 1 is 1.26 bits per heavy atom. The quantitative estimate of drug-likeness (QED) is 0.315. The van der Waals surface area contributed by atoms with Gasteiger partial charge < -0.3 is 14.1 Å². The van der Waals surface area contributed by atoms with Crippen LogP contribution < -0.4 is 4.74 Å². The summed E-state index contributed by atoms with van der Waals surface area (Å²) in [7, 11) is 3.33. The maximum absolute atomic E-state index is 13.4. The lowest BCUT2D eigenvalue weighted by molar-refractivity contribution is 0.0754. The Morgan fingerprint density at radius 2 is 2.06 bits per heavy atom. The summed E-state index contributed by atoms with van der Waals surface area (Å²) in [6, 6.07) is 13.0. The van der Waals surface area contributed by atoms with Crippen LogP contribution in [0.2, 0.25) is 5.02 Å². The summed E-state index contributed by atoms with van der Waals surface area (Å²) in [5.74, 6) is 1.36. The molecule has 31 heavy (non-hydrogen) atoms. The molecule has 0 fully saturated rings. The van der Waals surface area contributed by atoms with E-state index in [0.717, 1.165) is 25.9 Å². The predicted octanol–water partition coefficient (Wildman–Crippen LogP) is 5.82. The normalized spacial score (nSPS) is 11.1. The largest absolute Gasteiger partial charge is 0.496 e. The molecule has 0 saturated carbocycles. The number of aromatic nitrogens is 2. The number of hydrogen-bond donors (Lipinski definition) is 0. The minimum atomic E-state index is -0.206. The molecule has 2 aromatic heterocycles. The van der Waals surface area contributed by atoms with Crippen LogP contribution in [0.4, 0.5) is 0 Å². The van der Waals surface area contributed by atoms with Crippen LogP contribution in [0.3, 0.4) is 0 Å². The average molecular weight is 474 g/mol. The van der Waals surface area contributed by atoms with Crippen molar-refractivity contribution >= 4 is 51.6 Å². The third kappa shape index (κ3) is 4.71. The number of aryl methyl sites for hydroxylation is 1. The van der Waals surface area contributed by atoms with E-state index in [4.69, 9.17) is 20.8 Å². The number of thioether (sulfide) groups is 1. The van der Waals surface area contributed by atoms with Gasteiger partial charge in [-0.05, 0) is 31.2 Å². The van der Waals surface area contributed by atoms with Gasteiger partial charge in [-0.1, -0.05) is 52.9 Å². The molecule has 9 heteroatoms. The molecule has 0 aliphatic heterocycles. The second kappa shape index (κ2) is 9.30. The molecule has 0 N–H and O–H groups in total. The molecule has 0 aliphatic rings. The minimum absolute atomic E-state index is 0.206. The maximum Gasteiger partial charge on any atom is 0.289 e. The van der Waals surface area contributed by atoms with Gasteiger partial charge in [0.2, 0.25) is 0 Å². The summed E-state index contributed by atoms with van der Waals surface area (Å²) in [6.45, 7) is 2.25. The number of rotatable bonds is 7. The van der Waals surface area contributed by atoms with Crippen molar-refractivity contribution in [1.29, 1.82) is 0 Å². The Kier molecular flexibility index (Phi) is 6.50. The van der Waals surface area contributed by atoms with Gasteiger partial charge in [-0.15, -0.1) is 10.2 Å². The number of halogens is 1. The van der Waals surface area contributed by atoms with Gasteiger partial charge in [0.1, 0.15) is 16.3 Å². The number of hydrogen-bond acceptors (Lipinski definition) is 7. The van der Waals surface area contributed by atoms with Gasteiger partial charge in [0, 0.05) is 40.9 Å². The van der Waals surface area contributed by atoms with Crippen molar-refractivity contribution in [3.8, 4) is 5.75 Å². The maximum atomic E-state index is 13.4. The molecule has 4 rings (SSSR count). The third-order valence-electron chi connectivity index (χ3n) is 4.74. The molecule has 2 aromatic carbocycles. The van der Waals surface area contributed by atoms with E-state index in [2.05, 4.69) is 10.2 Å². The first kappa shape index (κ1) is 21.7. The first-order valence-electron chi connectivity index (χ1n) is 9.47. The molecule has 0 saturated heterocycles. The summed E-state index contributed by atoms with van der Waals surface area (Å²) >= 11 is 9.22. The van der Waals surface area contributed by atoms with Crippen LogP contribution in [0.5, 0.6) is 5.75 Å². The van der Waals surface area contributed by atoms with Gasteiger partial charge in [0.05, 0.1) is 7.11 Å². The number of fused-ring (bicyclic) bond motifs is 1. The van der Waals surface area contributed by atoms with E-state index < -0.39 is 0 Å². The zero-order chi connectivity index (χ0) is 22.0. The van der Waals surface area contributed by atoms with Gasteiger partial charge in [-0.25, -0.2) is 0 Å². The van der Waals surface area contributed by atoms with Crippen LogP contribution in [0, 0.1) is 6.92 Å². The van der Waals surface area contributed by atoms with Crippen molar-refractivity contribution in [2.75, 3.05) is 14.2 Å². The van der Waals surface area contributed by atoms with Crippen molar-refractivity contribution in [1.82, 2.24) is 15.1 Å². The van der Waals surface area contributed by atoms with E-state index in [1.807, 2.05) is 31.2 Å². The number of carbonyl (C=O) groups is 1. The lowest BCUT2D eigenvalue weighted by Crippen LogP contribution is -2.26. The van der Waals surface area contributed by atoms with Crippen molar-refractivity contribution < 1.29 is 13.9 Å². The Balaban J connectivity index is 1.63. The Bertz CT molecular complexity index is 1240. The number of ether oxygens (including phenoxy) is 1. The molecule has 0 aliphatic carbocycles. The number of amides is 1. The number of carbonyl (C=O) groups excluding carboxylic acids is 1. The molecule has 0 atom stereocenters. The molecular formula is C22H20ClN3O3S2. The lowest BCUT2D eigenvalue weighted by Gasteiger charge is -2.18. The highest BCUT2D eigenvalue weighted by Crippen LogP contribution is 2.34. The molecule has 6 nitrogen and oxygen atoms in total. The highest BCUT2D eigenvalue weighted by Gasteiger charge is 2.24. The van der Waals surface area contributed by atoms with E-state index >= 15 is 0 Å². The average Bonchev–Trinajstić information content (AvgIpc) is 3.35. The standard InChI is InChI=1S/C22H20ClN3O3S2/c1-13-24-25-22(31-13)30-12-17-16-6-4-5-7-19(16)29-20(17)21(27)26(2)11-14-10-15(23)8-9-18(14)28-3/h4-10H,11-12H2,1-3H3. The van der Waals surface area contributed by atoms with Crippen molar-refractivity contribution in [2.45, 2.75) is 23.6 Å². The smallest absolute Gasteiger partial charge is 0.289 e. The third-order valence-corrected chi connectivity index (χ3v) is 6.97. The number of nitrogens with zero attached hydrogens (tertiary/aromatic N) is 3. The molecule has 0 spiro atoms. The number of methoxy groups -OCH3 is 1. The topological polar surface area (TPSA) is 68.5 Å². The first-order valence-corrected chi connectivity index (χ1v) is 11.7. The van der Waals surface area contributed by atoms with Crippen molar-refractivity contribution in [3.05, 3.63) is 69.4 Å². The zero-order valence-electron chi connectivity index (χ0n) is 17.2. The van der Waals surface area contributed by atoms with Gasteiger partial charge in [-0.3, -0.25) is 4.79 Å². The Hall–Kier alpha value is -2.55. The monoisotopic (exact) mass is 473 g/mol. The molecule has 4 aromatic rings. The molecule has 0 bridgehead atoms. The summed E-state index contributed by atoms with van der Waals surface area (Å²) < 4.78 is 12.3. The number of para-hydroxylation sites is 1. The van der Waals surface area contributed by atoms with Crippen LogP contribution in [0.25, 0.3) is 11.0 Å². The lowest BCUT2D eigenvalue weighted by atomic mass is 10.1. The van der Waals surface area contributed by atoms with Gasteiger partial charge in [0.25, 0.3) is 5.91 Å². The number of benzene rings is 2. The van der Waals surface area contributed by atoms with Crippen molar-refractivity contribution in [2.24, 2.45) is 0 Å². The minimum Gasteiger partial charge on any atom is -0.496 e.